The Kier molecular flexibility index (Phi) is 6.33. The predicted octanol–water partition coefficient (Wildman–Crippen LogP) is 3.15. The van der Waals surface area contributed by atoms with E-state index in [2.05, 4.69) is 5.32 Å². The second kappa shape index (κ2) is 8.95. The predicted molar refractivity (Wildman–Crippen MR) is 108 cm³/mol. The summed E-state index contributed by atoms with van der Waals surface area (Å²) >= 11 is 0. The molecule has 9 heteroatoms. The number of amides is 1. The molecule has 0 atom stereocenters. The molecule has 3 aromatic rings. The number of nitrogens with one attached hydrogen (secondary N) is 1. The van der Waals surface area contributed by atoms with Gasteiger partial charge in [-0.15, -0.1) is 0 Å². The van der Waals surface area contributed by atoms with E-state index in [1.54, 1.807) is 6.92 Å². The standard InChI is InChI=1S/C22H20F2N2O5/c1-12-15(4-7-20(28)25-9-8-21(29)30)16-11-14(27)3-6-19(16)26(12)22(31)13-2-5-17(23)18(24)10-13/h2-3,5-6,10-11,27H,4,7-9H2,1H3,(H,25,28)(H,29,30). The molecule has 0 aliphatic carbocycles. The molecule has 2 aromatic carbocycles. The first-order chi connectivity index (χ1) is 14.7. The molecule has 1 heterocycles. The number of halogens is 2. The Labute approximate surface area is 175 Å². The zero-order valence-electron chi connectivity index (χ0n) is 16.6. The number of hydrogen-bond donors (Lipinski definition) is 3. The zero-order chi connectivity index (χ0) is 22.7. The number of phenolic OH excluding ortho intramolecular Hbond substituents is 1. The first-order valence-electron chi connectivity index (χ1n) is 9.50. The van der Waals surface area contributed by atoms with Gasteiger partial charge in [-0.2, -0.15) is 0 Å². The number of fused-ring (bicyclic) bond motifs is 1. The van der Waals surface area contributed by atoms with Gasteiger partial charge in [0.15, 0.2) is 11.6 Å². The molecule has 0 unspecified atom stereocenters. The quantitative estimate of drug-likeness (QED) is 0.534. The first-order valence-corrected chi connectivity index (χ1v) is 9.50. The molecule has 0 bridgehead atoms. The van der Waals surface area contributed by atoms with Gasteiger partial charge in [-0.1, -0.05) is 0 Å². The molecule has 1 aromatic heterocycles. The van der Waals surface area contributed by atoms with Gasteiger partial charge in [0.2, 0.25) is 5.91 Å². The molecule has 0 spiro atoms. The van der Waals surface area contributed by atoms with E-state index in [1.165, 1.54) is 28.8 Å². The average Bonchev–Trinajstić information content (AvgIpc) is 2.98. The van der Waals surface area contributed by atoms with Crippen molar-refractivity contribution in [2.24, 2.45) is 0 Å². The number of carbonyl (C=O) groups excluding carboxylic acids is 2. The van der Waals surface area contributed by atoms with Crippen LogP contribution in [0.4, 0.5) is 8.78 Å². The minimum Gasteiger partial charge on any atom is -0.508 e. The van der Waals surface area contributed by atoms with Crippen LogP contribution < -0.4 is 5.32 Å². The number of hydrogen-bond acceptors (Lipinski definition) is 4. The summed E-state index contributed by atoms with van der Waals surface area (Å²) in [5.74, 6) is -4.19. The molecular weight excluding hydrogens is 410 g/mol. The molecule has 31 heavy (non-hydrogen) atoms. The summed E-state index contributed by atoms with van der Waals surface area (Å²) in [5.41, 5.74) is 1.53. The summed E-state index contributed by atoms with van der Waals surface area (Å²) < 4.78 is 28.2. The summed E-state index contributed by atoms with van der Waals surface area (Å²) in [5, 5.41) is 21.6. The third-order valence-electron chi connectivity index (χ3n) is 4.95. The van der Waals surface area contributed by atoms with Crippen molar-refractivity contribution in [2.75, 3.05) is 6.54 Å². The van der Waals surface area contributed by atoms with Crippen LogP contribution in [0.1, 0.15) is 34.5 Å². The maximum atomic E-state index is 13.6. The van der Waals surface area contributed by atoms with Gasteiger partial charge >= 0.3 is 5.97 Å². The smallest absolute Gasteiger partial charge is 0.305 e. The Hall–Kier alpha value is -3.75. The van der Waals surface area contributed by atoms with Crippen LogP contribution in [-0.4, -0.2) is 39.1 Å². The van der Waals surface area contributed by atoms with Gasteiger partial charge in [0.1, 0.15) is 5.75 Å². The lowest BCUT2D eigenvalue weighted by atomic mass is 10.1. The van der Waals surface area contributed by atoms with E-state index < -0.39 is 23.5 Å². The first kappa shape index (κ1) is 21.9. The van der Waals surface area contributed by atoms with Crippen LogP contribution in [0.15, 0.2) is 36.4 Å². The van der Waals surface area contributed by atoms with E-state index in [0.717, 1.165) is 12.1 Å². The summed E-state index contributed by atoms with van der Waals surface area (Å²) in [7, 11) is 0. The van der Waals surface area contributed by atoms with E-state index in [4.69, 9.17) is 5.11 Å². The molecule has 1 amide bonds. The van der Waals surface area contributed by atoms with Crippen molar-refractivity contribution in [1.29, 1.82) is 0 Å². The van der Waals surface area contributed by atoms with Crippen LogP contribution in [0.25, 0.3) is 10.9 Å². The molecule has 162 valence electrons. The SMILES string of the molecule is Cc1c(CCC(=O)NCCC(=O)O)c2cc(O)ccc2n1C(=O)c1ccc(F)c(F)c1. The topological polar surface area (TPSA) is 109 Å². The van der Waals surface area contributed by atoms with Gasteiger partial charge in [-0.05, 0) is 55.3 Å². The Morgan fingerprint density at radius 2 is 1.77 bits per heavy atom. The van der Waals surface area contributed by atoms with Gasteiger partial charge < -0.3 is 15.5 Å². The number of aromatic hydroxyl groups is 1. The molecule has 3 N–H and O–H groups in total. The monoisotopic (exact) mass is 430 g/mol. The molecule has 0 aliphatic rings. The number of phenols is 1. The van der Waals surface area contributed by atoms with Crippen molar-refractivity contribution >= 4 is 28.7 Å². The van der Waals surface area contributed by atoms with Crippen molar-refractivity contribution in [3.8, 4) is 5.75 Å². The Balaban J connectivity index is 1.94. The van der Waals surface area contributed by atoms with Crippen molar-refractivity contribution < 1.29 is 33.4 Å². The molecule has 0 saturated heterocycles. The number of nitrogens with zero attached hydrogens (tertiary/aromatic N) is 1. The van der Waals surface area contributed by atoms with Crippen LogP contribution in [0.5, 0.6) is 5.75 Å². The van der Waals surface area contributed by atoms with Crippen LogP contribution in [0.2, 0.25) is 0 Å². The largest absolute Gasteiger partial charge is 0.508 e. The number of aryl methyl sites for hydroxylation is 1. The Bertz CT molecular complexity index is 1190. The lowest BCUT2D eigenvalue weighted by Gasteiger charge is -2.08. The maximum Gasteiger partial charge on any atom is 0.305 e. The fourth-order valence-corrected chi connectivity index (χ4v) is 3.44. The third-order valence-corrected chi connectivity index (χ3v) is 4.95. The van der Waals surface area contributed by atoms with Gasteiger partial charge in [0.05, 0.1) is 11.9 Å². The minimum atomic E-state index is -1.14. The van der Waals surface area contributed by atoms with Crippen molar-refractivity contribution in [2.45, 2.75) is 26.2 Å². The van der Waals surface area contributed by atoms with Crippen LogP contribution in [-0.2, 0) is 16.0 Å². The molecule has 0 aliphatic heterocycles. The van der Waals surface area contributed by atoms with E-state index in [1.807, 2.05) is 0 Å². The number of aliphatic carboxylic acids is 1. The highest BCUT2D eigenvalue weighted by molar-refractivity contribution is 6.04. The number of rotatable bonds is 7. The Morgan fingerprint density at radius 3 is 2.45 bits per heavy atom. The lowest BCUT2D eigenvalue weighted by molar-refractivity contribution is -0.136. The molecular formula is C22H20F2N2O5. The van der Waals surface area contributed by atoms with Gasteiger partial charge in [-0.25, -0.2) is 8.78 Å². The van der Waals surface area contributed by atoms with Crippen molar-refractivity contribution in [3.05, 3.63) is 64.9 Å². The summed E-state index contributed by atoms with van der Waals surface area (Å²) in [4.78, 5) is 35.7. The highest BCUT2D eigenvalue weighted by atomic mass is 19.2. The average molecular weight is 430 g/mol. The van der Waals surface area contributed by atoms with Crippen molar-refractivity contribution in [3.63, 3.8) is 0 Å². The zero-order valence-corrected chi connectivity index (χ0v) is 16.6. The number of carboxylic acid groups (broad SMARTS) is 1. The highest BCUT2D eigenvalue weighted by Crippen LogP contribution is 2.31. The second-order valence-corrected chi connectivity index (χ2v) is 7.03. The number of carbonyl (C=O) groups is 3. The number of aromatic nitrogens is 1. The summed E-state index contributed by atoms with van der Waals surface area (Å²) in [6.45, 7) is 1.66. The number of benzene rings is 2. The highest BCUT2D eigenvalue weighted by Gasteiger charge is 2.21. The van der Waals surface area contributed by atoms with Crippen molar-refractivity contribution in [1.82, 2.24) is 9.88 Å². The molecule has 0 saturated carbocycles. The second-order valence-electron chi connectivity index (χ2n) is 7.03. The lowest BCUT2D eigenvalue weighted by Crippen LogP contribution is -2.26. The van der Waals surface area contributed by atoms with Crippen LogP contribution in [0.3, 0.4) is 0 Å². The fourth-order valence-electron chi connectivity index (χ4n) is 3.44. The number of carboxylic acids is 1. The fraction of sp³-hybridized carbons (Fsp3) is 0.227. The molecule has 7 nitrogen and oxygen atoms in total. The van der Waals surface area contributed by atoms with Crippen LogP contribution >= 0.6 is 0 Å². The maximum absolute atomic E-state index is 13.6. The molecule has 0 radical (unpaired) electrons. The van der Waals surface area contributed by atoms with E-state index >= 15 is 0 Å². The van der Waals surface area contributed by atoms with E-state index in [9.17, 15) is 28.3 Å². The summed E-state index contributed by atoms with van der Waals surface area (Å²) in [6, 6.07) is 7.28. The van der Waals surface area contributed by atoms with Gasteiger partial charge in [0.25, 0.3) is 5.91 Å². The van der Waals surface area contributed by atoms with E-state index in [-0.39, 0.29) is 43.0 Å². The minimum absolute atomic E-state index is 0.00428. The summed E-state index contributed by atoms with van der Waals surface area (Å²) in [6.07, 6.45) is 0.0675. The van der Waals surface area contributed by atoms with Gasteiger partial charge in [-0.3, -0.25) is 19.0 Å². The van der Waals surface area contributed by atoms with Gasteiger partial charge in [0, 0.05) is 29.6 Å². The molecule has 3 rings (SSSR count). The van der Waals surface area contributed by atoms with Crippen LogP contribution in [0, 0.1) is 18.6 Å². The Morgan fingerprint density at radius 1 is 1.03 bits per heavy atom. The third kappa shape index (κ3) is 4.71. The normalized spacial score (nSPS) is 10.9. The van der Waals surface area contributed by atoms with E-state index in [0.29, 0.717) is 22.2 Å². The molecule has 0 fully saturated rings.